The second kappa shape index (κ2) is 9.39. The molecule has 4 heterocycles. The number of carbonyl (C=O) groups excluding carboxylic acids is 2. The summed E-state index contributed by atoms with van der Waals surface area (Å²) >= 11 is 0. The zero-order chi connectivity index (χ0) is 22.8. The number of aromatic nitrogens is 1. The van der Waals surface area contributed by atoms with Crippen LogP contribution in [0.2, 0.25) is 0 Å². The van der Waals surface area contributed by atoms with Crippen molar-refractivity contribution in [2.45, 2.75) is 44.6 Å². The van der Waals surface area contributed by atoms with Crippen molar-refractivity contribution >= 4 is 11.8 Å². The molecule has 2 fully saturated rings. The van der Waals surface area contributed by atoms with Crippen LogP contribution in [0.1, 0.15) is 63.7 Å². The first kappa shape index (κ1) is 21.7. The number of nitrogens with zero attached hydrogens (tertiary/aromatic N) is 2. The summed E-state index contributed by atoms with van der Waals surface area (Å²) in [6, 6.07) is 9.05. The lowest BCUT2D eigenvalue weighted by atomic mass is 9.89. The number of hydrogen-bond donors (Lipinski definition) is 1. The molecular formula is C25H29N3O5. The lowest BCUT2D eigenvalue weighted by Gasteiger charge is -2.32. The third-order valence-electron chi connectivity index (χ3n) is 6.61. The Morgan fingerprint density at radius 3 is 2.70 bits per heavy atom. The van der Waals surface area contributed by atoms with E-state index >= 15 is 0 Å². The first-order chi connectivity index (χ1) is 16.1. The van der Waals surface area contributed by atoms with Crippen LogP contribution in [-0.4, -0.2) is 60.8 Å². The highest BCUT2D eigenvalue weighted by Crippen LogP contribution is 2.34. The number of carbonyl (C=O) groups is 2. The summed E-state index contributed by atoms with van der Waals surface area (Å²) in [7, 11) is 0. The summed E-state index contributed by atoms with van der Waals surface area (Å²) in [4.78, 5) is 32.6. The molecule has 3 aliphatic rings. The molecule has 5 rings (SSSR count). The molecule has 174 valence electrons. The molecule has 1 aromatic carbocycles. The molecule has 8 heteroatoms. The Morgan fingerprint density at radius 1 is 1.09 bits per heavy atom. The predicted octanol–water partition coefficient (Wildman–Crippen LogP) is 3.05. The number of fused-ring (bicyclic) bond motifs is 1. The number of nitrogens with one attached hydrogen (secondary N) is 1. The minimum absolute atomic E-state index is 0.0153. The highest BCUT2D eigenvalue weighted by Gasteiger charge is 2.29. The van der Waals surface area contributed by atoms with Gasteiger partial charge in [0.05, 0.1) is 17.4 Å². The van der Waals surface area contributed by atoms with Crippen LogP contribution in [0.5, 0.6) is 11.5 Å². The molecule has 2 saturated heterocycles. The molecule has 0 bridgehead atoms. The first-order valence-electron chi connectivity index (χ1n) is 11.6. The molecule has 1 N–H and O–H groups in total. The number of rotatable bonds is 5. The van der Waals surface area contributed by atoms with E-state index in [4.69, 9.17) is 19.2 Å². The van der Waals surface area contributed by atoms with Gasteiger partial charge in [0.25, 0.3) is 11.8 Å². The van der Waals surface area contributed by atoms with Gasteiger partial charge in [-0.2, -0.15) is 0 Å². The second-order valence-electron chi connectivity index (χ2n) is 8.87. The Balaban J connectivity index is 1.24. The fraction of sp³-hybridized carbons (Fsp3) is 0.480. The van der Waals surface area contributed by atoms with Gasteiger partial charge in [0.2, 0.25) is 6.79 Å². The Labute approximate surface area is 193 Å². The molecule has 2 amide bonds. The van der Waals surface area contributed by atoms with Gasteiger partial charge >= 0.3 is 0 Å². The number of amides is 2. The fourth-order valence-electron chi connectivity index (χ4n) is 4.76. The van der Waals surface area contributed by atoms with Crippen LogP contribution in [0.25, 0.3) is 0 Å². The van der Waals surface area contributed by atoms with Crippen molar-refractivity contribution in [3.8, 4) is 11.5 Å². The molecule has 1 aromatic heterocycles. The molecule has 0 saturated carbocycles. The summed E-state index contributed by atoms with van der Waals surface area (Å²) in [5.41, 5.74) is 2.94. The highest BCUT2D eigenvalue weighted by molar-refractivity contribution is 5.96. The molecule has 33 heavy (non-hydrogen) atoms. The van der Waals surface area contributed by atoms with Crippen molar-refractivity contribution in [1.29, 1.82) is 0 Å². The minimum atomic E-state index is -0.105. The normalized spacial score (nSPS) is 20.2. The van der Waals surface area contributed by atoms with Crippen LogP contribution in [0.4, 0.5) is 0 Å². The largest absolute Gasteiger partial charge is 0.454 e. The van der Waals surface area contributed by atoms with Crippen molar-refractivity contribution in [1.82, 2.24) is 15.2 Å². The Morgan fingerprint density at radius 2 is 1.91 bits per heavy atom. The summed E-state index contributed by atoms with van der Waals surface area (Å²) < 4.78 is 16.4. The van der Waals surface area contributed by atoms with Gasteiger partial charge in [-0.1, -0.05) is 0 Å². The average molecular weight is 452 g/mol. The zero-order valence-electron chi connectivity index (χ0n) is 18.8. The molecule has 3 aliphatic heterocycles. The van der Waals surface area contributed by atoms with Gasteiger partial charge < -0.3 is 24.4 Å². The number of aryl methyl sites for hydroxylation is 1. The van der Waals surface area contributed by atoms with Gasteiger partial charge in [0, 0.05) is 43.4 Å². The second-order valence-corrected chi connectivity index (χ2v) is 8.87. The molecule has 2 aromatic rings. The number of piperidine rings is 1. The van der Waals surface area contributed by atoms with Crippen LogP contribution in [0.3, 0.4) is 0 Å². The molecular weight excluding hydrogens is 422 g/mol. The van der Waals surface area contributed by atoms with Crippen LogP contribution in [0, 0.1) is 6.92 Å². The summed E-state index contributed by atoms with van der Waals surface area (Å²) in [6.07, 6.45) is 3.65. The monoisotopic (exact) mass is 451 g/mol. The van der Waals surface area contributed by atoms with Gasteiger partial charge in [-0.05, 0) is 62.9 Å². The zero-order valence-corrected chi connectivity index (χ0v) is 18.8. The third kappa shape index (κ3) is 4.66. The van der Waals surface area contributed by atoms with Crippen molar-refractivity contribution in [3.05, 3.63) is 52.8 Å². The van der Waals surface area contributed by atoms with Gasteiger partial charge in [0.1, 0.15) is 0 Å². The topological polar surface area (TPSA) is 90.0 Å². The van der Waals surface area contributed by atoms with E-state index in [1.807, 2.05) is 24.0 Å². The smallest absolute Gasteiger partial charge is 0.253 e. The van der Waals surface area contributed by atoms with Crippen LogP contribution < -0.4 is 14.8 Å². The molecule has 0 aliphatic carbocycles. The number of ether oxygens (including phenoxy) is 3. The quantitative estimate of drug-likeness (QED) is 0.752. The van der Waals surface area contributed by atoms with E-state index in [1.54, 1.807) is 18.2 Å². The van der Waals surface area contributed by atoms with Crippen molar-refractivity contribution in [3.63, 3.8) is 0 Å². The highest BCUT2D eigenvalue weighted by atomic mass is 16.7. The fourth-order valence-corrected chi connectivity index (χ4v) is 4.76. The molecule has 1 unspecified atom stereocenters. The van der Waals surface area contributed by atoms with Gasteiger partial charge in [0.15, 0.2) is 11.5 Å². The SMILES string of the molecule is Cc1ccc(C(=O)NCC2CCCO2)c(C2CCN(C(=O)c3ccc4c(c3)OCO4)CC2)n1. The van der Waals surface area contributed by atoms with E-state index in [-0.39, 0.29) is 30.6 Å². The maximum absolute atomic E-state index is 13.0. The number of pyridine rings is 1. The van der Waals surface area contributed by atoms with Gasteiger partial charge in [-0.15, -0.1) is 0 Å². The van der Waals surface area contributed by atoms with Crippen LogP contribution >= 0.6 is 0 Å². The predicted molar refractivity (Wildman–Crippen MR) is 121 cm³/mol. The third-order valence-corrected chi connectivity index (χ3v) is 6.61. The van der Waals surface area contributed by atoms with E-state index in [0.717, 1.165) is 43.7 Å². The minimum Gasteiger partial charge on any atom is -0.454 e. The Bertz CT molecular complexity index is 1040. The lowest BCUT2D eigenvalue weighted by molar-refractivity contribution is 0.0709. The standard InChI is InChI=1S/C25H29N3O5/c1-16-4-6-20(24(29)26-14-19-3-2-12-31-19)23(27-16)17-8-10-28(11-9-17)25(30)18-5-7-21-22(13-18)33-15-32-21/h4-7,13,17,19H,2-3,8-12,14-15H2,1H3,(H,26,29). The number of likely N-dealkylation sites (tertiary alicyclic amines) is 1. The summed E-state index contributed by atoms with van der Waals surface area (Å²) in [6.45, 7) is 4.65. The van der Waals surface area contributed by atoms with Crippen molar-refractivity contribution in [2.24, 2.45) is 0 Å². The molecule has 0 radical (unpaired) electrons. The Kier molecular flexibility index (Phi) is 6.17. The van der Waals surface area contributed by atoms with Gasteiger partial charge in [-0.25, -0.2) is 0 Å². The van der Waals surface area contributed by atoms with E-state index in [9.17, 15) is 9.59 Å². The first-order valence-corrected chi connectivity index (χ1v) is 11.6. The van der Waals surface area contributed by atoms with Crippen LogP contribution in [0.15, 0.2) is 30.3 Å². The number of hydrogen-bond acceptors (Lipinski definition) is 6. The van der Waals surface area contributed by atoms with E-state index in [0.29, 0.717) is 42.3 Å². The molecule has 8 nitrogen and oxygen atoms in total. The summed E-state index contributed by atoms with van der Waals surface area (Å²) in [5.74, 6) is 1.29. The number of benzene rings is 1. The van der Waals surface area contributed by atoms with E-state index in [2.05, 4.69) is 5.32 Å². The average Bonchev–Trinajstić information content (AvgIpc) is 3.53. The maximum atomic E-state index is 13.0. The van der Waals surface area contributed by atoms with Gasteiger partial charge in [-0.3, -0.25) is 14.6 Å². The molecule has 1 atom stereocenters. The van der Waals surface area contributed by atoms with E-state index < -0.39 is 0 Å². The lowest BCUT2D eigenvalue weighted by Crippen LogP contribution is -2.39. The summed E-state index contributed by atoms with van der Waals surface area (Å²) in [5, 5.41) is 3.02. The van der Waals surface area contributed by atoms with E-state index in [1.165, 1.54) is 0 Å². The Hall–Kier alpha value is -3.13. The van der Waals surface area contributed by atoms with Crippen LogP contribution in [-0.2, 0) is 4.74 Å². The maximum Gasteiger partial charge on any atom is 0.253 e. The van der Waals surface area contributed by atoms with Crippen molar-refractivity contribution < 1.29 is 23.8 Å². The van der Waals surface area contributed by atoms with Crippen molar-refractivity contribution in [2.75, 3.05) is 33.0 Å². The molecule has 0 spiro atoms.